The normalized spacial score (nSPS) is 10.5. The Bertz CT molecular complexity index is 407. The molecule has 1 aromatic carbocycles. The Morgan fingerprint density at radius 1 is 1.44 bits per heavy atom. The zero-order chi connectivity index (χ0) is 13.2. The number of rotatable bonds is 7. The Labute approximate surface area is 113 Å². The standard InChI is InChI=1S/C13H19N3OS/c1-2-3-6-9-17-12-8-5-4-7-11(12)10-15-16-13(14)18/h4-5,7-8,10H,2-3,6,9H2,1H3,(H3,14,16,18)/b15-10+. The zero-order valence-corrected chi connectivity index (χ0v) is 11.4. The molecular formula is C13H19N3OS. The molecule has 0 unspecified atom stereocenters. The molecule has 0 radical (unpaired) electrons. The molecule has 98 valence electrons. The molecule has 0 aliphatic heterocycles. The SMILES string of the molecule is CCCCCOc1ccccc1/C=N/NC(N)=S. The summed E-state index contributed by atoms with van der Waals surface area (Å²) in [6, 6.07) is 7.72. The number of hydrazone groups is 1. The highest BCUT2D eigenvalue weighted by molar-refractivity contribution is 7.80. The maximum atomic E-state index is 5.71. The first kappa shape index (κ1) is 14.4. The molecule has 0 atom stereocenters. The maximum Gasteiger partial charge on any atom is 0.184 e. The average molecular weight is 265 g/mol. The van der Waals surface area contributed by atoms with Gasteiger partial charge in [-0.25, -0.2) is 0 Å². The molecule has 5 heteroatoms. The van der Waals surface area contributed by atoms with Gasteiger partial charge in [-0.15, -0.1) is 0 Å². The molecule has 0 saturated carbocycles. The fourth-order valence-electron chi connectivity index (χ4n) is 1.42. The number of benzene rings is 1. The van der Waals surface area contributed by atoms with E-state index in [0.29, 0.717) is 0 Å². The summed E-state index contributed by atoms with van der Waals surface area (Å²) in [7, 11) is 0. The number of nitrogens with zero attached hydrogens (tertiary/aromatic N) is 1. The Kier molecular flexibility index (Phi) is 6.79. The summed E-state index contributed by atoms with van der Waals surface area (Å²) in [4.78, 5) is 0. The minimum atomic E-state index is 0.146. The number of hydrogen-bond donors (Lipinski definition) is 2. The van der Waals surface area contributed by atoms with E-state index in [1.54, 1.807) is 6.21 Å². The van der Waals surface area contributed by atoms with Crippen molar-refractivity contribution in [3.63, 3.8) is 0 Å². The fraction of sp³-hybridized carbons (Fsp3) is 0.385. The Balaban J connectivity index is 2.56. The van der Waals surface area contributed by atoms with Gasteiger partial charge in [0.05, 0.1) is 12.8 Å². The van der Waals surface area contributed by atoms with E-state index in [9.17, 15) is 0 Å². The molecule has 0 aromatic heterocycles. The molecule has 18 heavy (non-hydrogen) atoms. The van der Waals surface area contributed by atoms with Gasteiger partial charge in [-0.2, -0.15) is 5.10 Å². The van der Waals surface area contributed by atoms with E-state index in [1.165, 1.54) is 12.8 Å². The lowest BCUT2D eigenvalue weighted by Gasteiger charge is -2.08. The van der Waals surface area contributed by atoms with Crippen LogP contribution in [0.4, 0.5) is 0 Å². The molecule has 1 aromatic rings. The first-order chi connectivity index (χ1) is 8.74. The summed E-state index contributed by atoms with van der Waals surface area (Å²) < 4.78 is 5.71. The van der Waals surface area contributed by atoms with Crippen molar-refractivity contribution in [3.05, 3.63) is 29.8 Å². The number of nitrogens with one attached hydrogen (secondary N) is 1. The number of thiocarbonyl (C=S) groups is 1. The van der Waals surface area contributed by atoms with Crippen LogP contribution >= 0.6 is 12.2 Å². The molecule has 0 aliphatic rings. The van der Waals surface area contributed by atoms with Crippen LogP contribution in [-0.2, 0) is 0 Å². The highest BCUT2D eigenvalue weighted by Gasteiger charge is 1.99. The highest BCUT2D eigenvalue weighted by Crippen LogP contribution is 2.16. The monoisotopic (exact) mass is 265 g/mol. The van der Waals surface area contributed by atoms with E-state index < -0.39 is 0 Å². The molecule has 0 bridgehead atoms. The third-order valence-corrected chi connectivity index (χ3v) is 2.39. The van der Waals surface area contributed by atoms with Gasteiger partial charge in [-0.3, -0.25) is 5.43 Å². The van der Waals surface area contributed by atoms with Gasteiger partial charge in [0.2, 0.25) is 0 Å². The van der Waals surface area contributed by atoms with Crippen LogP contribution in [0.1, 0.15) is 31.7 Å². The van der Waals surface area contributed by atoms with Gasteiger partial charge in [0.25, 0.3) is 0 Å². The predicted octanol–water partition coefficient (Wildman–Crippen LogP) is 2.42. The van der Waals surface area contributed by atoms with Crippen LogP contribution in [-0.4, -0.2) is 17.9 Å². The number of para-hydroxylation sites is 1. The van der Waals surface area contributed by atoms with Crippen LogP contribution in [0.5, 0.6) is 5.75 Å². The van der Waals surface area contributed by atoms with Gasteiger partial charge in [0, 0.05) is 5.56 Å². The summed E-state index contributed by atoms with van der Waals surface area (Å²) in [5.41, 5.74) is 8.70. The van der Waals surface area contributed by atoms with E-state index in [4.69, 9.17) is 10.5 Å². The van der Waals surface area contributed by atoms with E-state index in [2.05, 4.69) is 29.7 Å². The summed E-state index contributed by atoms with van der Waals surface area (Å²) in [6.45, 7) is 2.89. The van der Waals surface area contributed by atoms with Gasteiger partial charge in [-0.1, -0.05) is 31.9 Å². The third kappa shape index (κ3) is 5.63. The lowest BCUT2D eigenvalue weighted by atomic mass is 10.2. The summed E-state index contributed by atoms with van der Waals surface area (Å²) in [5, 5.41) is 4.07. The van der Waals surface area contributed by atoms with Crippen LogP contribution in [0.15, 0.2) is 29.4 Å². The smallest absolute Gasteiger partial charge is 0.184 e. The minimum absolute atomic E-state index is 0.146. The van der Waals surface area contributed by atoms with Crippen LogP contribution in [0.25, 0.3) is 0 Å². The molecule has 0 spiro atoms. The molecule has 0 heterocycles. The van der Waals surface area contributed by atoms with Crippen LogP contribution < -0.4 is 15.9 Å². The first-order valence-corrected chi connectivity index (χ1v) is 6.45. The van der Waals surface area contributed by atoms with E-state index >= 15 is 0 Å². The second-order valence-corrected chi connectivity index (χ2v) is 4.27. The highest BCUT2D eigenvalue weighted by atomic mass is 32.1. The van der Waals surface area contributed by atoms with Crippen molar-refractivity contribution in [1.82, 2.24) is 5.43 Å². The summed E-state index contributed by atoms with van der Waals surface area (Å²) >= 11 is 4.66. The molecule has 1 rings (SSSR count). The topological polar surface area (TPSA) is 59.6 Å². The summed E-state index contributed by atoms with van der Waals surface area (Å²) in [5.74, 6) is 0.821. The van der Waals surface area contributed by atoms with Crippen LogP contribution in [0, 0.1) is 0 Å². The first-order valence-electron chi connectivity index (χ1n) is 6.04. The summed E-state index contributed by atoms with van der Waals surface area (Å²) in [6.07, 6.45) is 5.07. The molecule has 0 amide bonds. The molecule has 0 fully saturated rings. The van der Waals surface area contributed by atoms with E-state index in [0.717, 1.165) is 24.3 Å². The largest absolute Gasteiger partial charge is 0.493 e. The number of unbranched alkanes of at least 4 members (excludes halogenated alkanes) is 2. The Hall–Kier alpha value is -1.62. The molecule has 0 saturated heterocycles. The Morgan fingerprint density at radius 3 is 2.94 bits per heavy atom. The third-order valence-electron chi connectivity index (χ3n) is 2.30. The van der Waals surface area contributed by atoms with Crippen LogP contribution in [0.3, 0.4) is 0 Å². The quantitative estimate of drug-likeness (QED) is 0.344. The lowest BCUT2D eigenvalue weighted by Crippen LogP contribution is -2.24. The van der Waals surface area contributed by atoms with Crippen molar-refractivity contribution in [2.75, 3.05) is 6.61 Å². The molecule has 4 nitrogen and oxygen atoms in total. The van der Waals surface area contributed by atoms with Crippen molar-refractivity contribution in [1.29, 1.82) is 0 Å². The average Bonchev–Trinajstić information content (AvgIpc) is 2.36. The fourth-order valence-corrected chi connectivity index (χ4v) is 1.47. The number of ether oxygens (including phenoxy) is 1. The van der Waals surface area contributed by atoms with E-state index in [-0.39, 0.29) is 5.11 Å². The lowest BCUT2D eigenvalue weighted by molar-refractivity contribution is 0.306. The van der Waals surface area contributed by atoms with Gasteiger partial charge in [0.1, 0.15) is 5.75 Å². The zero-order valence-electron chi connectivity index (χ0n) is 10.6. The Morgan fingerprint density at radius 2 is 2.22 bits per heavy atom. The van der Waals surface area contributed by atoms with Crippen molar-refractivity contribution in [2.45, 2.75) is 26.2 Å². The number of nitrogens with two attached hydrogens (primary N) is 1. The second kappa shape index (κ2) is 8.47. The van der Waals surface area contributed by atoms with Crippen LogP contribution in [0.2, 0.25) is 0 Å². The van der Waals surface area contributed by atoms with Gasteiger partial charge < -0.3 is 10.5 Å². The van der Waals surface area contributed by atoms with Crippen molar-refractivity contribution < 1.29 is 4.74 Å². The van der Waals surface area contributed by atoms with Gasteiger partial charge in [0.15, 0.2) is 5.11 Å². The number of hydrogen-bond acceptors (Lipinski definition) is 3. The van der Waals surface area contributed by atoms with Crippen molar-refractivity contribution in [3.8, 4) is 5.75 Å². The van der Waals surface area contributed by atoms with Gasteiger partial charge in [-0.05, 0) is 30.8 Å². The maximum absolute atomic E-state index is 5.71. The minimum Gasteiger partial charge on any atom is -0.493 e. The van der Waals surface area contributed by atoms with Crippen molar-refractivity contribution in [2.24, 2.45) is 10.8 Å². The van der Waals surface area contributed by atoms with E-state index in [1.807, 2.05) is 24.3 Å². The second-order valence-electron chi connectivity index (χ2n) is 3.83. The molecule has 3 N–H and O–H groups in total. The van der Waals surface area contributed by atoms with Gasteiger partial charge >= 0.3 is 0 Å². The molecule has 0 aliphatic carbocycles. The molecular weight excluding hydrogens is 246 g/mol. The van der Waals surface area contributed by atoms with Crippen molar-refractivity contribution >= 4 is 23.5 Å². The predicted molar refractivity (Wildman–Crippen MR) is 79.0 cm³/mol.